The molecule has 0 bridgehead atoms. The van der Waals surface area contributed by atoms with Gasteiger partial charge in [-0.25, -0.2) is 0 Å². The molecule has 26 heavy (non-hydrogen) atoms. The molecule has 5 heteroatoms. The third-order valence-corrected chi connectivity index (χ3v) is 10.2. The molecule has 0 aliphatic carbocycles. The van der Waals surface area contributed by atoms with E-state index in [4.69, 9.17) is 13.0 Å². The van der Waals surface area contributed by atoms with Crippen LogP contribution >= 0.6 is 0 Å². The van der Waals surface area contributed by atoms with Crippen LogP contribution in [0, 0.1) is 0 Å². The second-order valence-electron chi connectivity index (χ2n) is 8.21. The van der Waals surface area contributed by atoms with Crippen molar-refractivity contribution in [3.8, 4) is 0 Å². The van der Waals surface area contributed by atoms with E-state index in [2.05, 4.69) is 39.7 Å². The molecule has 156 valence electrons. The first-order chi connectivity index (χ1) is 12.3. The maximum Gasteiger partial charge on any atom is 0.322 e. The minimum atomic E-state index is -2.09. The van der Waals surface area contributed by atoms with E-state index in [1.807, 2.05) is 6.08 Å². The molecule has 0 aliphatic rings. The minimum Gasteiger partial charge on any atom is -0.415 e. The van der Waals surface area contributed by atoms with Crippen molar-refractivity contribution in [1.29, 1.82) is 0 Å². The van der Waals surface area contributed by atoms with Gasteiger partial charge in [-0.2, -0.15) is 0 Å². The second-order valence-corrected chi connectivity index (χ2v) is 15.2. The lowest BCUT2D eigenvalue weighted by molar-refractivity contribution is 0.194. The lowest BCUT2D eigenvalue weighted by Gasteiger charge is -2.32. The molecule has 0 aliphatic heterocycles. The van der Waals surface area contributed by atoms with Crippen molar-refractivity contribution < 1.29 is 13.0 Å². The molecule has 0 rings (SSSR count). The molecule has 3 nitrogen and oxygen atoms in total. The van der Waals surface area contributed by atoms with Crippen molar-refractivity contribution in [1.82, 2.24) is 0 Å². The summed E-state index contributed by atoms with van der Waals surface area (Å²) in [6.07, 6.45) is 17.7. The van der Waals surface area contributed by atoms with Crippen molar-refractivity contribution in [3.05, 3.63) is 12.7 Å². The Kier molecular flexibility index (Phi) is 16.1. The molecular weight excluding hydrogens is 356 g/mol. The van der Waals surface area contributed by atoms with Gasteiger partial charge >= 0.3 is 17.1 Å². The summed E-state index contributed by atoms with van der Waals surface area (Å²) < 4.78 is 18.3. The summed E-state index contributed by atoms with van der Waals surface area (Å²) in [5, 5.41) is 0. The molecule has 0 unspecified atom stereocenters. The van der Waals surface area contributed by atoms with Crippen LogP contribution in [0.15, 0.2) is 12.7 Å². The van der Waals surface area contributed by atoms with E-state index in [1.54, 1.807) is 0 Å². The second kappa shape index (κ2) is 16.0. The van der Waals surface area contributed by atoms with Crippen LogP contribution < -0.4 is 0 Å². The quantitative estimate of drug-likeness (QED) is 0.129. The summed E-state index contributed by atoms with van der Waals surface area (Å²) in [4.78, 5) is 0. The zero-order valence-corrected chi connectivity index (χ0v) is 20.4. The summed E-state index contributed by atoms with van der Waals surface area (Å²) in [6, 6.07) is 0. The molecular formula is C21H46O3Si2. The van der Waals surface area contributed by atoms with Gasteiger partial charge in [0.15, 0.2) is 0 Å². The van der Waals surface area contributed by atoms with Gasteiger partial charge in [0, 0.05) is 13.2 Å². The van der Waals surface area contributed by atoms with Crippen LogP contribution in [-0.2, 0) is 13.0 Å². The highest BCUT2D eigenvalue weighted by atomic mass is 28.5. The van der Waals surface area contributed by atoms with Gasteiger partial charge in [0.25, 0.3) is 0 Å². The number of hydrogen-bond donors (Lipinski definition) is 0. The number of hydrogen-bond acceptors (Lipinski definition) is 3. The fourth-order valence-corrected chi connectivity index (χ4v) is 9.58. The van der Waals surface area contributed by atoms with Gasteiger partial charge in [0.2, 0.25) is 0 Å². The summed E-state index contributed by atoms with van der Waals surface area (Å²) >= 11 is 0. The van der Waals surface area contributed by atoms with Crippen LogP contribution in [0.25, 0.3) is 0 Å². The van der Waals surface area contributed by atoms with Crippen molar-refractivity contribution in [2.24, 2.45) is 0 Å². The highest BCUT2D eigenvalue weighted by molar-refractivity contribution is 6.78. The van der Waals surface area contributed by atoms with E-state index in [0.29, 0.717) is 6.61 Å². The normalized spacial score (nSPS) is 12.5. The summed E-state index contributed by atoms with van der Waals surface area (Å²) in [7, 11) is -4.18. The summed E-state index contributed by atoms with van der Waals surface area (Å²) in [5.41, 5.74) is 0. The average Bonchev–Trinajstić information content (AvgIpc) is 2.55. The molecule has 0 aromatic carbocycles. The van der Waals surface area contributed by atoms with Crippen LogP contribution in [0.2, 0.25) is 26.2 Å². The number of rotatable bonds is 19. The molecule has 0 N–H and O–H groups in total. The van der Waals surface area contributed by atoms with E-state index >= 15 is 0 Å². The predicted molar refractivity (Wildman–Crippen MR) is 119 cm³/mol. The molecule has 0 amide bonds. The SMILES string of the molecule is C=CCCO[Si](C)(C)O[Si](C)(C)OCCCCCCCCCCCCC. The molecule has 0 radical (unpaired) electrons. The van der Waals surface area contributed by atoms with Crippen LogP contribution in [0.3, 0.4) is 0 Å². The van der Waals surface area contributed by atoms with Gasteiger partial charge in [-0.1, -0.05) is 77.2 Å². The minimum absolute atomic E-state index is 0.700. The average molecular weight is 403 g/mol. The van der Waals surface area contributed by atoms with Gasteiger partial charge in [-0.15, -0.1) is 6.58 Å². The fourth-order valence-electron chi connectivity index (χ4n) is 3.12. The zero-order chi connectivity index (χ0) is 19.7. The van der Waals surface area contributed by atoms with Crippen molar-refractivity contribution in [3.63, 3.8) is 0 Å². The van der Waals surface area contributed by atoms with Gasteiger partial charge in [-0.3, -0.25) is 0 Å². The first-order valence-corrected chi connectivity index (χ1v) is 16.6. The fraction of sp³-hybridized carbons (Fsp3) is 0.905. The Labute approximate surface area is 166 Å². The Hall–Kier alpha value is 0.0538. The Morgan fingerprint density at radius 1 is 0.654 bits per heavy atom. The van der Waals surface area contributed by atoms with E-state index in [1.165, 1.54) is 64.2 Å². The molecule has 0 saturated carbocycles. The van der Waals surface area contributed by atoms with Gasteiger partial charge in [0.05, 0.1) is 0 Å². The lowest BCUT2D eigenvalue weighted by Crippen LogP contribution is -2.48. The molecule has 0 saturated heterocycles. The zero-order valence-electron chi connectivity index (χ0n) is 18.4. The Morgan fingerprint density at radius 2 is 1.08 bits per heavy atom. The summed E-state index contributed by atoms with van der Waals surface area (Å²) in [5.74, 6) is 0. The first-order valence-electron chi connectivity index (χ1n) is 10.9. The van der Waals surface area contributed by atoms with Crippen LogP contribution in [-0.4, -0.2) is 30.3 Å². The van der Waals surface area contributed by atoms with E-state index in [0.717, 1.165) is 19.4 Å². The Morgan fingerprint density at radius 3 is 1.54 bits per heavy atom. The van der Waals surface area contributed by atoms with Crippen LogP contribution in [0.5, 0.6) is 0 Å². The van der Waals surface area contributed by atoms with Crippen molar-refractivity contribution >= 4 is 17.1 Å². The highest BCUT2D eigenvalue weighted by Gasteiger charge is 2.36. The van der Waals surface area contributed by atoms with Crippen LogP contribution in [0.1, 0.15) is 84.0 Å². The van der Waals surface area contributed by atoms with Gasteiger partial charge < -0.3 is 13.0 Å². The molecule has 0 spiro atoms. The molecule has 0 atom stereocenters. The number of unbranched alkanes of at least 4 members (excludes halogenated alkanes) is 10. The molecule has 0 aromatic rings. The monoisotopic (exact) mass is 402 g/mol. The van der Waals surface area contributed by atoms with E-state index < -0.39 is 17.1 Å². The maximum absolute atomic E-state index is 6.27. The topological polar surface area (TPSA) is 27.7 Å². The molecule has 0 aromatic heterocycles. The van der Waals surface area contributed by atoms with Crippen molar-refractivity contribution in [2.75, 3.05) is 13.2 Å². The van der Waals surface area contributed by atoms with Gasteiger partial charge in [0.1, 0.15) is 0 Å². The largest absolute Gasteiger partial charge is 0.415 e. The maximum atomic E-state index is 6.27. The highest BCUT2D eigenvalue weighted by Crippen LogP contribution is 2.18. The first kappa shape index (κ1) is 26.1. The lowest BCUT2D eigenvalue weighted by atomic mass is 10.1. The van der Waals surface area contributed by atoms with Gasteiger partial charge in [-0.05, 0) is 39.0 Å². The standard InChI is InChI=1S/C21H46O3Si2/c1-7-9-11-12-13-14-15-16-17-18-19-21-23-26(5,6)24-25(3,4)22-20-10-8-2/h8H,2,7,9-21H2,1,3-6H3. The molecule has 0 heterocycles. The smallest absolute Gasteiger partial charge is 0.322 e. The third-order valence-electron chi connectivity index (χ3n) is 4.46. The van der Waals surface area contributed by atoms with E-state index in [-0.39, 0.29) is 0 Å². The Balaban J connectivity index is 3.59. The van der Waals surface area contributed by atoms with Crippen molar-refractivity contribution in [2.45, 2.75) is 110 Å². The van der Waals surface area contributed by atoms with E-state index in [9.17, 15) is 0 Å². The molecule has 0 fully saturated rings. The Bertz CT molecular complexity index is 333. The van der Waals surface area contributed by atoms with Crippen LogP contribution in [0.4, 0.5) is 0 Å². The summed E-state index contributed by atoms with van der Waals surface area (Å²) in [6.45, 7) is 16.0. The predicted octanol–water partition coefficient (Wildman–Crippen LogP) is 7.33. The third kappa shape index (κ3) is 17.5.